The van der Waals surface area contributed by atoms with Gasteiger partial charge < -0.3 is 0 Å². The lowest BCUT2D eigenvalue weighted by Crippen LogP contribution is -1.98. The summed E-state index contributed by atoms with van der Waals surface area (Å²) < 4.78 is 15.3. The lowest BCUT2D eigenvalue weighted by molar-refractivity contribution is 0.628. The second-order valence-electron chi connectivity index (χ2n) is 6.61. The summed E-state index contributed by atoms with van der Waals surface area (Å²) in [7, 11) is 0. The van der Waals surface area contributed by atoms with Crippen molar-refractivity contribution in [3.05, 3.63) is 89.0 Å². The zero-order valence-corrected chi connectivity index (χ0v) is 15.9. The Balaban J connectivity index is 1.85. The number of rotatable bonds is 3. The lowest BCUT2D eigenvalue weighted by Gasteiger charge is -2.09. The molecule has 5 rings (SSSR count). The van der Waals surface area contributed by atoms with Crippen LogP contribution in [0.2, 0.25) is 0 Å². The number of thiophene rings is 1. The first kappa shape index (κ1) is 16.8. The van der Waals surface area contributed by atoms with Crippen molar-refractivity contribution in [3.8, 4) is 33.6 Å². The maximum absolute atomic E-state index is 13.5. The normalized spacial score (nSPS) is 11.2. The van der Waals surface area contributed by atoms with Gasteiger partial charge in [0.25, 0.3) is 0 Å². The highest BCUT2D eigenvalue weighted by molar-refractivity contribution is 7.08. The Labute approximate surface area is 165 Å². The predicted molar refractivity (Wildman–Crippen MR) is 112 cm³/mol. The molecule has 3 nitrogen and oxygen atoms in total. The highest BCUT2D eigenvalue weighted by Gasteiger charge is 2.18. The Hall–Kier alpha value is -3.31. The van der Waals surface area contributed by atoms with Gasteiger partial charge in [0.05, 0.1) is 17.1 Å². The van der Waals surface area contributed by atoms with Crippen molar-refractivity contribution in [3.63, 3.8) is 0 Å². The summed E-state index contributed by atoms with van der Waals surface area (Å²) in [4.78, 5) is 4.95. The number of aryl methyl sites for hydroxylation is 1. The highest BCUT2D eigenvalue weighted by atomic mass is 32.1. The van der Waals surface area contributed by atoms with E-state index in [1.54, 1.807) is 23.5 Å². The molecule has 5 aromatic rings. The second-order valence-corrected chi connectivity index (χ2v) is 7.39. The number of hydrogen-bond acceptors (Lipinski definition) is 3. The van der Waals surface area contributed by atoms with Crippen molar-refractivity contribution in [1.29, 1.82) is 0 Å². The molecule has 0 saturated heterocycles. The van der Waals surface area contributed by atoms with Crippen LogP contribution < -0.4 is 0 Å². The molecular weight excluding hydrogens is 369 g/mol. The van der Waals surface area contributed by atoms with Gasteiger partial charge in [0.15, 0.2) is 5.65 Å². The topological polar surface area (TPSA) is 30.2 Å². The SMILES string of the molecule is Cc1nn2c(-c3ccc(F)cc3)cc(-c3ccsc3)nc2c1-c1ccccc1. The van der Waals surface area contributed by atoms with Gasteiger partial charge in [-0.2, -0.15) is 16.4 Å². The van der Waals surface area contributed by atoms with E-state index in [1.807, 2.05) is 41.1 Å². The van der Waals surface area contributed by atoms with Crippen LogP contribution >= 0.6 is 11.3 Å². The molecule has 3 aromatic heterocycles. The van der Waals surface area contributed by atoms with Gasteiger partial charge >= 0.3 is 0 Å². The molecular formula is C23H16FN3S. The fourth-order valence-electron chi connectivity index (χ4n) is 3.45. The Morgan fingerprint density at radius 3 is 2.39 bits per heavy atom. The zero-order valence-electron chi connectivity index (χ0n) is 15.1. The van der Waals surface area contributed by atoms with Crippen molar-refractivity contribution < 1.29 is 4.39 Å². The number of fused-ring (bicyclic) bond motifs is 1. The van der Waals surface area contributed by atoms with Crippen LogP contribution in [-0.4, -0.2) is 14.6 Å². The largest absolute Gasteiger partial charge is 0.228 e. The summed E-state index contributed by atoms with van der Waals surface area (Å²) in [6.45, 7) is 2.00. The Morgan fingerprint density at radius 1 is 0.893 bits per heavy atom. The first-order chi connectivity index (χ1) is 13.7. The molecule has 0 fully saturated rings. The fraction of sp³-hybridized carbons (Fsp3) is 0.0435. The van der Waals surface area contributed by atoms with E-state index in [9.17, 15) is 4.39 Å². The van der Waals surface area contributed by atoms with E-state index in [1.165, 1.54) is 12.1 Å². The van der Waals surface area contributed by atoms with Crippen LogP contribution in [0.4, 0.5) is 4.39 Å². The summed E-state index contributed by atoms with van der Waals surface area (Å²) in [6, 6.07) is 20.7. The third kappa shape index (κ3) is 2.80. The van der Waals surface area contributed by atoms with E-state index in [-0.39, 0.29) is 5.82 Å². The molecule has 2 aromatic carbocycles. The van der Waals surface area contributed by atoms with Gasteiger partial charge in [0, 0.05) is 22.1 Å². The molecule has 0 aliphatic heterocycles. The minimum Gasteiger partial charge on any atom is -0.228 e. The van der Waals surface area contributed by atoms with E-state index in [2.05, 4.69) is 23.6 Å². The molecule has 0 amide bonds. The maximum Gasteiger partial charge on any atom is 0.164 e. The van der Waals surface area contributed by atoms with Crippen molar-refractivity contribution in [2.24, 2.45) is 0 Å². The average molecular weight is 385 g/mol. The summed E-state index contributed by atoms with van der Waals surface area (Å²) in [6.07, 6.45) is 0. The van der Waals surface area contributed by atoms with Crippen LogP contribution in [-0.2, 0) is 0 Å². The van der Waals surface area contributed by atoms with Crippen LogP contribution in [0.1, 0.15) is 5.69 Å². The molecule has 3 heterocycles. The van der Waals surface area contributed by atoms with Gasteiger partial charge in [-0.05, 0) is 54.3 Å². The van der Waals surface area contributed by atoms with Gasteiger partial charge in [-0.1, -0.05) is 30.3 Å². The van der Waals surface area contributed by atoms with E-state index >= 15 is 0 Å². The molecule has 0 radical (unpaired) electrons. The summed E-state index contributed by atoms with van der Waals surface area (Å²) >= 11 is 1.64. The van der Waals surface area contributed by atoms with E-state index in [0.717, 1.165) is 45.0 Å². The fourth-order valence-corrected chi connectivity index (χ4v) is 4.10. The quantitative estimate of drug-likeness (QED) is 0.368. The molecule has 0 bridgehead atoms. The molecule has 0 aliphatic rings. The predicted octanol–water partition coefficient (Wildman–Crippen LogP) is 6.24. The molecule has 0 N–H and O–H groups in total. The summed E-state index contributed by atoms with van der Waals surface area (Å²) in [5, 5.41) is 8.90. The number of halogens is 1. The van der Waals surface area contributed by atoms with Crippen LogP contribution in [0.15, 0.2) is 77.5 Å². The van der Waals surface area contributed by atoms with Crippen molar-refractivity contribution in [1.82, 2.24) is 14.6 Å². The molecule has 0 aliphatic carbocycles. The molecule has 0 unspecified atom stereocenters. The Bertz CT molecular complexity index is 1260. The second kappa shape index (κ2) is 6.69. The first-order valence-electron chi connectivity index (χ1n) is 8.95. The highest BCUT2D eigenvalue weighted by Crippen LogP contribution is 2.33. The van der Waals surface area contributed by atoms with Gasteiger partial charge in [0.1, 0.15) is 5.82 Å². The third-order valence-corrected chi connectivity index (χ3v) is 5.47. The zero-order chi connectivity index (χ0) is 19.1. The molecule has 0 saturated carbocycles. The first-order valence-corrected chi connectivity index (χ1v) is 9.89. The van der Waals surface area contributed by atoms with Crippen molar-refractivity contribution >= 4 is 17.0 Å². The van der Waals surface area contributed by atoms with Crippen LogP contribution in [0.5, 0.6) is 0 Å². The maximum atomic E-state index is 13.5. The number of benzene rings is 2. The Kier molecular flexibility index (Phi) is 4.02. The van der Waals surface area contributed by atoms with Gasteiger partial charge in [0.2, 0.25) is 0 Å². The Morgan fingerprint density at radius 2 is 1.68 bits per heavy atom. The number of hydrogen-bond donors (Lipinski definition) is 0. The third-order valence-electron chi connectivity index (χ3n) is 4.78. The molecule has 5 heteroatoms. The lowest BCUT2D eigenvalue weighted by atomic mass is 10.1. The van der Waals surface area contributed by atoms with Crippen LogP contribution in [0, 0.1) is 12.7 Å². The van der Waals surface area contributed by atoms with Gasteiger partial charge in [-0.15, -0.1) is 0 Å². The minimum absolute atomic E-state index is 0.256. The van der Waals surface area contributed by atoms with Crippen molar-refractivity contribution in [2.45, 2.75) is 6.92 Å². The van der Waals surface area contributed by atoms with E-state index < -0.39 is 0 Å². The summed E-state index contributed by atoms with van der Waals surface area (Å²) in [5.41, 5.74) is 7.52. The van der Waals surface area contributed by atoms with Crippen molar-refractivity contribution in [2.75, 3.05) is 0 Å². The molecule has 0 atom stereocenters. The van der Waals surface area contributed by atoms with E-state index in [0.29, 0.717) is 0 Å². The average Bonchev–Trinajstić information content (AvgIpc) is 3.36. The van der Waals surface area contributed by atoms with Gasteiger partial charge in [-0.3, -0.25) is 0 Å². The minimum atomic E-state index is -0.256. The standard InChI is InChI=1S/C23H16FN3S/c1-15-22(17-5-3-2-4-6-17)23-25-20(18-11-12-28-14-18)13-21(27(23)26-15)16-7-9-19(24)10-8-16/h2-14H,1H3. The monoisotopic (exact) mass is 385 g/mol. The number of nitrogens with zero attached hydrogens (tertiary/aromatic N) is 3. The van der Waals surface area contributed by atoms with E-state index in [4.69, 9.17) is 10.1 Å². The smallest absolute Gasteiger partial charge is 0.164 e. The van der Waals surface area contributed by atoms with Crippen LogP contribution in [0.3, 0.4) is 0 Å². The molecule has 28 heavy (non-hydrogen) atoms. The number of aromatic nitrogens is 3. The summed E-state index contributed by atoms with van der Waals surface area (Å²) in [5.74, 6) is -0.256. The van der Waals surface area contributed by atoms with Gasteiger partial charge in [-0.25, -0.2) is 13.9 Å². The molecule has 136 valence electrons. The molecule has 0 spiro atoms. The van der Waals surface area contributed by atoms with Crippen LogP contribution in [0.25, 0.3) is 39.3 Å².